The van der Waals surface area contributed by atoms with Crippen molar-refractivity contribution in [3.8, 4) is 5.75 Å². The van der Waals surface area contributed by atoms with E-state index in [-0.39, 0.29) is 18.1 Å². The van der Waals surface area contributed by atoms with Crippen LogP contribution in [-0.4, -0.2) is 25.8 Å². The summed E-state index contributed by atoms with van der Waals surface area (Å²) in [7, 11) is 3.33. The van der Waals surface area contributed by atoms with E-state index in [1.165, 1.54) is 0 Å². The van der Waals surface area contributed by atoms with E-state index in [9.17, 15) is 9.59 Å². The molecule has 118 valence electrons. The number of benzene rings is 2. The highest BCUT2D eigenvalue weighted by atomic mass is 16.5. The molecular weight excluding hydrogens is 290 g/mol. The third kappa shape index (κ3) is 2.40. The third-order valence-corrected chi connectivity index (χ3v) is 4.55. The van der Waals surface area contributed by atoms with Gasteiger partial charge in [0.1, 0.15) is 5.75 Å². The van der Waals surface area contributed by atoms with Crippen LogP contribution in [-0.2, 0) is 10.2 Å². The van der Waals surface area contributed by atoms with Gasteiger partial charge in [0.15, 0.2) is 5.78 Å². The topological polar surface area (TPSA) is 46.6 Å². The van der Waals surface area contributed by atoms with Crippen molar-refractivity contribution in [1.82, 2.24) is 0 Å². The highest BCUT2D eigenvalue weighted by Gasteiger charge is 2.47. The molecule has 2 aromatic carbocycles. The Labute approximate surface area is 135 Å². The van der Waals surface area contributed by atoms with Gasteiger partial charge in [0, 0.05) is 25.1 Å². The molecule has 1 aliphatic heterocycles. The SMILES string of the molecule is COc1ccc2c(c1)N(C)C(=O)[C@]2(C)CC(=O)c1ccccc1. The van der Waals surface area contributed by atoms with Crippen molar-refractivity contribution in [2.24, 2.45) is 0 Å². The van der Waals surface area contributed by atoms with Gasteiger partial charge in [-0.1, -0.05) is 36.4 Å². The van der Waals surface area contributed by atoms with E-state index in [1.54, 1.807) is 31.2 Å². The van der Waals surface area contributed by atoms with Gasteiger partial charge in [-0.2, -0.15) is 0 Å². The molecule has 0 saturated carbocycles. The second-order valence-electron chi connectivity index (χ2n) is 6.05. The molecule has 0 radical (unpaired) electrons. The molecule has 0 saturated heterocycles. The first-order valence-electron chi connectivity index (χ1n) is 7.52. The van der Waals surface area contributed by atoms with Crippen LogP contribution in [0.1, 0.15) is 29.3 Å². The highest BCUT2D eigenvalue weighted by molar-refractivity contribution is 6.11. The van der Waals surface area contributed by atoms with Crippen LogP contribution in [0.15, 0.2) is 48.5 Å². The van der Waals surface area contributed by atoms with E-state index < -0.39 is 5.41 Å². The molecule has 2 aromatic rings. The van der Waals surface area contributed by atoms with Crippen LogP contribution in [0.4, 0.5) is 5.69 Å². The molecule has 1 heterocycles. The molecule has 0 bridgehead atoms. The van der Waals surface area contributed by atoms with Crippen LogP contribution in [0.3, 0.4) is 0 Å². The van der Waals surface area contributed by atoms with Gasteiger partial charge in [0.2, 0.25) is 5.91 Å². The standard InChI is InChI=1S/C19H19NO3/c1-19(12-17(21)13-7-5-4-6-8-13)15-10-9-14(23-3)11-16(15)20(2)18(19)22/h4-11H,12H2,1-3H3/t19-/m1/s1. The Morgan fingerprint density at radius 1 is 1.17 bits per heavy atom. The average Bonchev–Trinajstić information content (AvgIpc) is 2.77. The van der Waals surface area contributed by atoms with Gasteiger partial charge in [-0.25, -0.2) is 0 Å². The first-order chi connectivity index (χ1) is 11.0. The summed E-state index contributed by atoms with van der Waals surface area (Å²) in [5.41, 5.74) is 1.46. The Kier molecular flexibility index (Phi) is 3.68. The van der Waals surface area contributed by atoms with E-state index in [0.29, 0.717) is 11.3 Å². The second-order valence-corrected chi connectivity index (χ2v) is 6.05. The summed E-state index contributed by atoms with van der Waals surface area (Å²) in [5.74, 6) is 0.602. The van der Waals surface area contributed by atoms with Gasteiger partial charge >= 0.3 is 0 Å². The number of amides is 1. The number of Topliss-reactive ketones (excluding diaryl/α,β-unsaturated/α-hetero) is 1. The fourth-order valence-corrected chi connectivity index (χ4v) is 3.20. The first-order valence-corrected chi connectivity index (χ1v) is 7.52. The zero-order chi connectivity index (χ0) is 16.6. The normalized spacial score (nSPS) is 19.6. The van der Waals surface area contributed by atoms with Gasteiger partial charge in [-0.3, -0.25) is 9.59 Å². The highest BCUT2D eigenvalue weighted by Crippen LogP contribution is 2.45. The van der Waals surface area contributed by atoms with Crippen molar-refractivity contribution in [1.29, 1.82) is 0 Å². The molecule has 0 aliphatic carbocycles. The number of ketones is 1. The van der Waals surface area contributed by atoms with Gasteiger partial charge in [0.05, 0.1) is 18.2 Å². The number of likely N-dealkylation sites (N-methyl/N-ethyl adjacent to an activating group) is 1. The number of carbonyl (C=O) groups excluding carboxylic acids is 2. The van der Waals surface area contributed by atoms with E-state index in [4.69, 9.17) is 4.74 Å². The minimum Gasteiger partial charge on any atom is -0.497 e. The van der Waals surface area contributed by atoms with Crippen molar-refractivity contribution in [3.63, 3.8) is 0 Å². The minimum absolute atomic E-state index is 0.0291. The Morgan fingerprint density at radius 3 is 2.52 bits per heavy atom. The maximum absolute atomic E-state index is 12.8. The molecular formula is C19H19NO3. The molecule has 1 amide bonds. The molecule has 0 fully saturated rings. The molecule has 0 aromatic heterocycles. The van der Waals surface area contributed by atoms with Gasteiger partial charge < -0.3 is 9.64 Å². The summed E-state index contributed by atoms with van der Waals surface area (Å²) < 4.78 is 5.24. The Morgan fingerprint density at radius 2 is 1.87 bits per heavy atom. The number of methoxy groups -OCH3 is 1. The summed E-state index contributed by atoms with van der Waals surface area (Å²) in [5, 5.41) is 0. The van der Waals surface area contributed by atoms with Crippen molar-refractivity contribution < 1.29 is 14.3 Å². The monoisotopic (exact) mass is 309 g/mol. The smallest absolute Gasteiger partial charge is 0.237 e. The number of fused-ring (bicyclic) bond motifs is 1. The Bertz CT molecular complexity index is 769. The van der Waals surface area contributed by atoms with Crippen LogP contribution in [0.25, 0.3) is 0 Å². The number of rotatable bonds is 4. The molecule has 3 rings (SSSR count). The largest absolute Gasteiger partial charge is 0.497 e. The molecule has 1 atom stereocenters. The predicted octanol–water partition coefficient (Wildman–Crippen LogP) is 3.20. The zero-order valence-corrected chi connectivity index (χ0v) is 13.5. The molecule has 1 aliphatic rings. The minimum atomic E-state index is -0.844. The molecule has 0 spiro atoms. The number of nitrogens with zero attached hydrogens (tertiary/aromatic N) is 1. The Balaban J connectivity index is 1.99. The third-order valence-electron chi connectivity index (χ3n) is 4.55. The summed E-state index contributed by atoms with van der Waals surface area (Å²) in [6.07, 6.45) is 0.152. The maximum atomic E-state index is 12.8. The number of carbonyl (C=O) groups is 2. The van der Waals surface area contributed by atoms with Gasteiger partial charge in [-0.15, -0.1) is 0 Å². The summed E-state index contributed by atoms with van der Waals surface area (Å²) in [6.45, 7) is 1.84. The number of anilines is 1. The summed E-state index contributed by atoms with van der Waals surface area (Å²) >= 11 is 0. The quantitative estimate of drug-likeness (QED) is 0.815. The lowest BCUT2D eigenvalue weighted by Gasteiger charge is -2.22. The van der Waals surface area contributed by atoms with Crippen molar-refractivity contribution in [3.05, 3.63) is 59.7 Å². The second kappa shape index (κ2) is 5.54. The van der Waals surface area contributed by atoms with E-state index in [2.05, 4.69) is 0 Å². The van der Waals surface area contributed by atoms with Crippen molar-refractivity contribution in [2.75, 3.05) is 19.1 Å². The van der Waals surface area contributed by atoms with E-state index in [0.717, 1.165) is 11.3 Å². The number of hydrogen-bond donors (Lipinski definition) is 0. The number of hydrogen-bond acceptors (Lipinski definition) is 3. The molecule has 0 N–H and O–H groups in total. The van der Waals surface area contributed by atoms with Crippen molar-refractivity contribution in [2.45, 2.75) is 18.8 Å². The Hall–Kier alpha value is -2.62. The fraction of sp³-hybridized carbons (Fsp3) is 0.263. The molecule has 0 unspecified atom stereocenters. The zero-order valence-electron chi connectivity index (χ0n) is 13.5. The molecule has 23 heavy (non-hydrogen) atoms. The summed E-state index contributed by atoms with van der Waals surface area (Å²) in [4.78, 5) is 27.0. The van der Waals surface area contributed by atoms with Crippen molar-refractivity contribution >= 4 is 17.4 Å². The lowest BCUT2D eigenvalue weighted by atomic mass is 9.78. The van der Waals surface area contributed by atoms with E-state index in [1.807, 2.05) is 43.3 Å². The maximum Gasteiger partial charge on any atom is 0.237 e. The van der Waals surface area contributed by atoms with Crippen LogP contribution >= 0.6 is 0 Å². The summed E-state index contributed by atoms with van der Waals surface area (Å²) in [6, 6.07) is 14.6. The average molecular weight is 309 g/mol. The lowest BCUT2D eigenvalue weighted by molar-refractivity contribution is -0.122. The first kappa shape index (κ1) is 15.3. The molecule has 4 heteroatoms. The van der Waals surface area contributed by atoms with Crippen LogP contribution in [0.5, 0.6) is 5.75 Å². The van der Waals surface area contributed by atoms with Crippen LogP contribution < -0.4 is 9.64 Å². The van der Waals surface area contributed by atoms with Crippen LogP contribution in [0.2, 0.25) is 0 Å². The van der Waals surface area contributed by atoms with E-state index >= 15 is 0 Å². The lowest BCUT2D eigenvalue weighted by Crippen LogP contribution is -2.37. The number of ether oxygens (including phenoxy) is 1. The van der Waals surface area contributed by atoms with Crippen LogP contribution in [0, 0.1) is 0 Å². The van der Waals surface area contributed by atoms with Gasteiger partial charge in [0.25, 0.3) is 0 Å². The predicted molar refractivity (Wildman–Crippen MR) is 89.1 cm³/mol. The fourth-order valence-electron chi connectivity index (χ4n) is 3.20. The molecule has 4 nitrogen and oxygen atoms in total. The van der Waals surface area contributed by atoms with Gasteiger partial charge in [-0.05, 0) is 18.6 Å².